The first kappa shape index (κ1) is 16.7. The van der Waals surface area contributed by atoms with Crippen molar-refractivity contribution >= 4 is 43.2 Å². The van der Waals surface area contributed by atoms with E-state index in [4.69, 9.17) is 0 Å². The zero-order valence-electron chi connectivity index (χ0n) is 15.0. The van der Waals surface area contributed by atoms with Crippen molar-refractivity contribution in [2.75, 3.05) is 0 Å². The molecule has 5 aromatic heterocycles. The molecule has 0 unspecified atom stereocenters. The zero-order chi connectivity index (χ0) is 19.4. The van der Waals surface area contributed by atoms with Gasteiger partial charge in [0, 0.05) is 17.5 Å². The number of hydrogen-bond donors (Lipinski definition) is 0. The van der Waals surface area contributed by atoms with Crippen LogP contribution in [0.25, 0.3) is 26.1 Å². The van der Waals surface area contributed by atoms with Crippen molar-refractivity contribution in [1.29, 1.82) is 0 Å². The molecule has 11 heteroatoms. The molecule has 5 rings (SSSR count). The van der Waals surface area contributed by atoms with Crippen LogP contribution in [0.1, 0.15) is 17.1 Å². The van der Waals surface area contributed by atoms with E-state index in [9.17, 15) is 10.1 Å². The molecule has 0 aliphatic heterocycles. The van der Waals surface area contributed by atoms with Crippen LogP contribution in [0, 0.1) is 24.0 Å². The summed E-state index contributed by atoms with van der Waals surface area (Å²) in [5.41, 5.74) is 3.75. The Morgan fingerprint density at radius 1 is 1.25 bits per heavy atom. The molecule has 0 amide bonds. The van der Waals surface area contributed by atoms with E-state index in [-0.39, 0.29) is 5.82 Å². The second-order valence-corrected chi connectivity index (χ2v) is 7.52. The lowest BCUT2D eigenvalue weighted by Crippen LogP contribution is -2.04. The third-order valence-corrected chi connectivity index (χ3v) is 5.58. The van der Waals surface area contributed by atoms with Crippen molar-refractivity contribution in [2.24, 2.45) is 0 Å². The van der Waals surface area contributed by atoms with Gasteiger partial charge in [-0.1, -0.05) is 0 Å². The van der Waals surface area contributed by atoms with Gasteiger partial charge in [0.25, 0.3) is 0 Å². The molecular weight excluding hydrogens is 380 g/mol. The standard InChI is InChI=1S/C17H14N8O2S/c1-9-7-10(2)19-17-13(9)14-15(28-17)16-20-11(21-24(16)8-18-14)3-5-23-6-4-12(22-23)25(26)27/h4,6-8H,3,5H2,1-2H3. The molecule has 5 aromatic rings. The fraction of sp³-hybridized carbons (Fsp3) is 0.235. The van der Waals surface area contributed by atoms with Crippen LogP contribution in [0.3, 0.4) is 0 Å². The smallest absolute Gasteiger partial charge is 0.358 e. The number of nitrogens with zero attached hydrogens (tertiary/aromatic N) is 8. The molecule has 0 aliphatic rings. The first-order valence-corrected chi connectivity index (χ1v) is 9.40. The summed E-state index contributed by atoms with van der Waals surface area (Å²) >= 11 is 1.56. The minimum atomic E-state index is -0.513. The Kier molecular flexibility index (Phi) is 3.59. The average molecular weight is 394 g/mol. The van der Waals surface area contributed by atoms with Gasteiger partial charge >= 0.3 is 5.82 Å². The van der Waals surface area contributed by atoms with Crippen LogP contribution in [-0.2, 0) is 13.0 Å². The number of rotatable bonds is 4. The molecule has 0 saturated heterocycles. The summed E-state index contributed by atoms with van der Waals surface area (Å²) in [6.07, 6.45) is 3.75. The highest BCUT2D eigenvalue weighted by molar-refractivity contribution is 7.26. The molecule has 0 N–H and O–H groups in total. The van der Waals surface area contributed by atoms with Crippen molar-refractivity contribution in [3.05, 3.63) is 51.9 Å². The van der Waals surface area contributed by atoms with Gasteiger partial charge in [-0.25, -0.2) is 19.5 Å². The molecule has 0 bridgehead atoms. The Labute approximate surface area is 161 Å². The van der Waals surface area contributed by atoms with Crippen molar-refractivity contribution in [2.45, 2.75) is 26.8 Å². The van der Waals surface area contributed by atoms with E-state index in [0.717, 1.165) is 37.3 Å². The first-order valence-electron chi connectivity index (χ1n) is 8.58. The summed E-state index contributed by atoms with van der Waals surface area (Å²) in [4.78, 5) is 25.1. The number of thiophene rings is 1. The number of fused-ring (bicyclic) bond motifs is 5. The van der Waals surface area contributed by atoms with Crippen LogP contribution in [0.15, 0.2) is 24.7 Å². The molecule has 0 atom stereocenters. The summed E-state index contributed by atoms with van der Waals surface area (Å²) in [5, 5.41) is 20.2. The number of hydrogen-bond acceptors (Lipinski definition) is 8. The molecule has 0 aromatic carbocycles. The van der Waals surface area contributed by atoms with E-state index in [1.54, 1.807) is 28.4 Å². The molecule has 0 aliphatic carbocycles. The molecular formula is C17H14N8O2S. The fourth-order valence-corrected chi connectivity index (χ4v) is 4.53. The van der Waals surface area contributed by atoms with Crippen molar-refractivity contribution in [3.63, 3.8) is 0 Å². The molecule has 0 fully saturated rings. The fourth-order valence-electron chi connectivity index (χ4n) is 3.31. The summed E-state index contributed by atoms with van der Waals surface area (Å²) in [5.74, 6) is 0.461. The molecule has 28 heavy (non-hydrogen) atoms. The Morgan fingerprint density at radius 2 is 2.11 bits per heavy atom. The van der Waals surface area contributed by atoms with Crippen LogP contribution in [0.2, 0.25) is 0 Å². The maximum Gasteiger partial charge on any atom is 0.389 e. The van der Waals surface area contributed by atoms with Gasteiger partial charge in [-0.15, -0.1) is 16.4 Å². The summed E-state index contributed by atoms with van der Waals surface area (Å²) in [7, 11) is 0. The third-order valence-electron chi connectivity index (χ3n) is 4.51. The topological polar surface area (TPSA) is 117 Å². The number of aryl methyl sites for hydroxylation is 4. The van der Waals surface area contributed by atoms with Gasteiger partial charge < -0.3 is 10.1 Å². The van der Waals surface area contributed by atoms with Gasteiger partial charge in [-0.2, -0.15) is 4.68 Å². The van der Waals surface area contributed by atoms with Crippen LogP contribution < -0.4 is 0 Å². The molecule has 0 saturated carbocycles. The molecule has 10 nitrogen and oxygen atoms in total. The maximum atomic E-state index is 10.7. The highest BCUT2D eigenvalue weighted by Crippen LogP contribution is 2.35. The van der Waals surface area contributed by atoms with Gasteiger partial charge in [0.2, 0.25) is 0 Å². The van der Waals surface area contributed by atoms with E-state index >= 15 is 0 Å². The lowest BCUT2D eigenvalue weighted by atomic mass is 10.1. The molecule has 0 spiro atoms. The Morgan fingerprint density at radius 3 is 2.89 bits per heavy atom. The van der Waals surface area contributed by atoms with Gasteiger partial charge in [-0.05, 0) is 30.4 Å². The minimum Gasteiger partial charge on any atom is -0.358 e. The average Bonchev–Trinajstić information content (AvgIpc) is 3.35. The van der Waals surface area contributed by atoms with E-state index in [2.05, 4.69) is 38.1 Å². The number of pyridine rings is 1. The van der Waals surface area contributed by atoms with Crippen LogP contribution >= 0.6 is 11.3 Å². The summed E-state index contributed by atoms with van der Waals surface area (Å²) < 4.78 is 4.14. The predicted octanol–water partition coefficient (Wildman–Crippen LogP) is 2.85. The van der Waals surface area contributed by atoms with Crippen LogP contribution in [0.5, 0.6) is 0 Å². The van der Waals surface area contributed by atoms with E-state index in [1.807, 2.05) is 6.92 Å². The lowest BCUT2D eigenvalue weighted by Gasteiger charge is -1.98. The normalized spacial score (nSPS) is 11.8. The lowest BCUT2D eigenvalue weighted by molar-refractivity contribution is -0.389. The Hall–Kier alpha value is -3.47. The van der Waals surface area contributed by atoms with Crippen molar-refractivity contribution in [1.82, 2.24) is 34.3 Å². The first-order chi connectivity index (χ1) is 13.5. The minimum absolute atomic E-state index is 0.169. The quantitative estimate of drug-likeness (QED) is 0.340. The zero-order valence-corrected chi connectivity index (χ0v) is 15.8. The van der Waals surface area contributed by atoms with Gasteiger partial charge in [0.15, 0.2) is 11.5 Å². The second-order valence-electron chi connectivity index (χ2n) is 6.53. The van der Waals surface area contributed by atoms with Crippen molar-refractivity contribution in [3.8, 4) is 0 Å². The number of aromatic nitrogens is 7. The Balaban J connectivity index is 1.54. The van der Waals surface area contributed by atoms with Gasteiger partial charge in [0.05, 0.1) is 29.4 Å². The summed E-state index contributed by atoms with van der Waals surface area (Å²) in [6, 6.07) is 3.43. The van der Waals surface area contributed by atoms with E-state index in [1.165, 1.54) is 10.7 Å². The molecule has 0 radical (unpaired) electrons. The maximum absolute atomic E-state index is 10.7. The largest absolute Gasteiger partial charge is 0.389 e. The monoisotopic (exact) mass is 394 g/mol. The molecule has 5 heterocycles. The molecule has 140 valence electrons. The number of nitro groups is 1. The van der Waals surface area contributed by atoms with E-state index < -0.39 is 4.92 Å². The second kappa shape index (κ2) is 6.02. The highest BCUT2D eigenvalue weighted by Gasteiger charge is 2.17. The predicted molar refractivity (Wildman–Crippen MR) is 104 cm³/mol. The van der Waals surface area contributed by atoms with Gasteiger partial charge in [-0.3, -0.25) is 0 Å². The summed E-state index contributed by atoms with van der Waals surface area (Å²) in [6.45, 7) is 4.50. The van der Waals surface area contributed by atoms with Crippen molar-refractivity contribution < 1.29 is 4.92 Å². The third kappa shape index (κ3) is 2.59. The highest BCUT2D eigenvalue weighted by atomic mass is 32.1. The Bertz CT molecular complexity index is 1380. The van der Waals surface area contributed by atoms with E-state index in [0.29, 0.717) is 18.8 Å². The SMILES string of the molecule is Cc1cc(C)c2c(n1)sc1c2ncn2nc(CCn3ccc([N+](=O)[O-])n3)nc12. The van der Waals surface area contributed by atoms with Crippen LogP contribution in [-0.4, -0.2) is 39.3 Å². The van der Waals surface area contributed by atoms with Gasteiger partial charge in [0.1, 0.15) is 15.9 Å². The van der Waals surface area contributed by atoms with Crippen LogP contribution in [0.4, 0.5) is 5.82 Å².